The Labute approximate surface area is 142 Å². The van der Waals surface area contributed by atoms with Crippen molar-refractivity contribution in [3.05, 3.63) is 29.8 Å². The predicted molar refractivity (Wildman–Crippen MR) is 91.8 cm³/mol. The van der Waals surface area contributed by atoms with Gasteiger partial charge >= 0.3 is 5.97 Å². The number of nitrogens with two attached hydrogens (primary N) is 2. The molecule has 1 atom stereocenters. The SMILES string of the molecule is COCCN=C(N)NCC[C@H](N)C(=O)OCc1ccc(OC)cc1. The van der Waals surface area contributed by atoms with Crippen LogP contribution in [0.25, 0.3) is 0 Å². The lowest BCUT2D eigenvalue weighted by Gasteiger charge is -2.12. The second kappa shape index (κ2) is 11.3. The van der Waals surface area contributed by atoms with Crippen LogP contribution in [0.1, 0.15) is 12.0 Å². The number of carbonyl (C=O) groups is 1. The number of guanidine groups is 1. The number of hydrogen-bond acceptors (Lipinski definition) is 6. The van der Waals surface area contributed by atoms with Crippen molar-refractivity contribution < 1.29 is 19.0 Å². The zero-order valence-corrected chi connectivity index (χ0v) is 14.2. The molecule has 0 aliphatic heterocycles. The Hall–Kier alpha value is -2.32. The maximum absolute atomic E-state index is 11.8. The second-order valence-corrected chi connectivity index (χ2v) is 5.04. The van der Waals surface area contributed by atoms with Gasteiger partial charge in [-0.15, -0.1) is 0 Å². The number of esters is 1. The molecule has 0 aliphatic carbocycles. The van der Waals surface area contributed by atoms with Crippen LogP contribution in [0, 0.1) is 0 Å². The van der Waals surface area contributed by atoms with E-state index in [1.165, 1.54) is 0 Å². The Morgan fingerprint density at radius 3 is 2.62 bits per heavy atom. The summed E-state index contributed by atoms with van der Waals surface area (Å²) in [4.78, 5) is 15.9. The average molecular weight is 338 g/mol. The van der Waals surface area contributed by atoms with Crippen LogP contribution in [0.15, 0.2) is 29.3 Å². The minimum Gasteiger partial charge on any atom is -0.497 e. The molecule has 24 heavy (non-hydrogen) atoms. The molecule has 0 fully saturated rings. The molecule has 0 unspecified atom stereocenters. The number of benzene rings is 1. The number of hydrogen-bond donors (Lipinski definition) is 3. The maximum Gasteiger partial charge on any atom is 0.323 e. The Balaban J connectivity index is 2.25. The molecule has 0 saturated heterocycles. The monoisotopic (exact) mass is 338 g/mol. The fraction of sp³-hybridized carbons (Fsp3) is 0.500. The lowest BCUT2D eigenvalue weighted by Crippen LogP contribution is -2.39. The van der Waals surface area contributed by atoms with Crippen LogP contribution >= 0.6 is 0 Å². The molecule has 0 aliphatic rings. The number of ether oxygens (including phenoxy) is 3. The molecule has 1 rings (SSSR count). The zero-order chi connectivity index (χ0) is 17.8. The standard InChI is InChI=1S/C16H26N4O4/c1-22-10-9-20-16(18)19-8-7-14(17)15(21)24-11-12-3-5-13(23-2)6-4-12/h3-6,14H,7-11,17H2,1-2H3,(H3,18,19,20)/t14-/m0/s1. The first-order valence-corrected chi connectivity index (χ1v) is 7.64. The lowest BCUT2D eigenvalue weighted by molar-refractivity contribution is -0.146. The highest BCUT2D eigenvalue weighted by molar-refractivity contribution is 5.78. The van der Waals surface area contributed by atoms with E-state index >= 15 is 0 Å². The number of aliphatic imine (C=N–C) groups is 1. The fourth-order valence-corrected chi connectivity index (χ4v) is 1.77. The average Bonchev–Trinajstić information content (AvgIpc) is 2.60. The quantitative estimate of drug-likeness (QED) is 0.238. The van der Waals surface area contributed by atoms with Gasteiger partial charge in [-0.2, -0.15) is 0 Å². The van der Waals surface area contributed by atoms with Crippen LogP contribution in [0.2, 0.25) is 0 Å². The molecular formula is C16H26N4O4. The molecule has 0 amide bonds. The number of carbonyl (C=O) groups excluding carboxylic acids is 1. The molecule has 0 aromatic heterocycles. The summed E-state index contributed by atoms with van der Waals surface area (Å²) in [5.41, 5.74) is 12.3. The van der Waals surface area contributed by atoms with Gasteiger partial charge in [-0.3, -0.25) is 9.79 Å². The van der Waals surface area contributed by atoms with Gasteiger partial charge in [0.05, 0.1) is 20.3 Å². The summed E-state index contributed by atoms with van der Waals surface area (Å²) in [6, 6.07) is 6.55. The number of methoxy groups -OCH3 is 2. The molecule has 5 N–H and O–H groups in total. The molecule has 1 aromatic carbocycles. The van der Waals surface area contributed by atoms with Crippen molar-refractivity contribution in [2.45, 2.75) is 19.1 Å². The van der Waals surface area contributed by atoms with Crippen LogP contribution in [0.4, 0.5) is 0 Å². The van der Waals surface area contributed by atoms with E-state index in [1.54, 1.807) is 26.4 Å². The van der Waals surface area contributed by atoms with Gasteiger partial charge in [0.1, 0.15) is 18.4 Å². The van der Waals surface area contributed by atoms with Gasteiger partial charge in [0.15, 0.2) is 5.96 Å². The van der Waals surface area contributed by atoms with Gasteiger partial charge in [-0.25, -0.2) is 0 Å². The predicted octanol–water partition coefficient (Wildman–Crippen LogP) is 0.00650. The number of nitrogens with zero attached hydrogens (tertiary/aromatic N) is 1. The minimum absolute atomic E-state index is 0.171. The number of nitrogens with one attached hydrogen (secondary N) is 1. The largest absolute Gasteiger partial charge is 0.497 e. The lowest BCUT2D eigenvalue weighted by atomic mass is 10.2. The second-order valence-electron chi connectivity index (χ2n) is 5.04. The van der Waals surface area contributed by atoms with Crippen molar-refractivity contribution in [1.82, 2.24) is 5.32 Å². The molecule has 8 nitrogen and oxygen atoms in total. The summed E-state index contributed by atoms with van der Waals surface area (Å²) in [7, 11) is 3.19. The number of rotatable bonds is 10. The van der Waals surface area contributed by atoms with Gasteiger partial charge in [0.25, 0.3) is 0 Å². The summed E-state index contributed by atoms with van der Waals surface area (Å²) >= 11 is 0. The van der Waals surface area contributed by atoms with E-state index in [-0.39, 0.29) is 6.61 Å². The minimum atomic E-state index is -0.720. The van der Waals surface area contributed by atoms with Crippen LogP contribution in [0.3, 0.4) is 0 Å². The van der Waals surface area contributed by atoms with E-state index in [0.29, 0.717) is 32.1 Å². The molecule has 0 bridgehead atoms. The molecule has 1 aromatic rings. The van der Waals surface area contributed by atoms with Gasteiger partial charge in [0.2, 0.25) is 0 Å². The molecule has 0 radical (unpaired) electrons. The normalized spacial score (nSPS) is 12.5. The van der Waals surface area contributed by atoms with Crippen LogP contribution in [0.5, 0.6) is 5.75 Å². The maximum atomic E-state index is 11.8. The van der Waals surface area contributed by atoms with E-state index in [4.69, 9.17) is 25.7 Å². The van der Waals surface area contributed by atoms with Crippen molar-refractivity contribution in [3.63, 3.8) is 0 Å². The van der Waals surface area contributed by atoms with Crippen LogP contribution in [-0.2, 0) is 20.9 Å². The highest BCUT2D eigenvalue weighted by atomic mass is 16.5. The smallest absolute Gasteiger partial charge is 0.323 e. The van der Waals surface area contributed by atoms with Crippen LogP contribution in [-0.4, -0.2) is 51.9 Å². The fourth-order valence-electron chi connectivity index (χ4n) is 1.77. The first kappa shape index (κ1) is 19.7. The Morgan fingerprint density at radius 2 is 2.00 bits per heavy atom. The van der Waals surface area contributed by atoms with E-state index < -0.39 is 12.0 Å². The van der Waals surface area contributed by atoms with Crippen molar-refractivity contribution in [3.8, 4) is 5.75 Å². The molecule has 8 heteroatoms. The topological polar surface area (TPSA) is 121 Å². The summed E-state index contributed by atoms with van der Waals surface area (Å²) in [6.45, 7) is 1.58. The third-order valence-corrected chi connectivity index (χ3v) is 3.18. The van der Waals surface area contributed by atoms with Crippen LogP contribution < -0.4 is 21.5 Å². The first-order chi connectivity index (χ1) is 11.6. The van der Waals surface area contributed by atoms with Crippen molar-refractivity contribution in [1.29, 1.82) is 0 Å². The van der Waals surface area contributed by atoms with E-state index in [0.717, 1.165) is 11.3 Å². The van der Waals surface area contributed by atoms with Gasteiger partial charge in [-0.05, 0) is 24.1 Å². The summed E-state index contributed by atoms with van der Waals surface area (Å²) in [5.74, 6) is 0.589. The summed E-state index contributed by atoms with van der Waals surface area (Å²) in [6.07, 6.45) is 0.391. The molecule has 0 saturated carbocycles. The highest BCUT2D eigenvalue weighted by Crippen LogP contribution is 2.12. The summed E-state index contributed by atoms with van der Waals surface area (Å²) < 4.78 is 15.1. The molecule has 0 heterocycles. The highest BCUT2D eigenvalue weighted by Gasteiger charge is 2.14. The Morgan fingerprint density at radius 1 is 1.29 bits per heavy atom. The van der Waals surface area contributed by atoms with Crippen molar-refractivity contribution in [2.75, 3.05) is 33.9 Å². The first-order valence-electron chi connectivity index (χ1n) is 7.64. The van der Waals surface area contributed by atoms with Crippen molar-refractivity contribution >= 4 is 11.9 Å². The molecular weight excluding hydrogens is 312 g/mol. The van der Waals surface area contributed by atoms with Gasteiger partial charge < -0.3 is 31.0 Å². The third kappa shape index (κ3) is 7.80. The Kier molecular flexibility index (Phi) is 9.25. The zero-order valence-electron chi connectivity index (χ0n) is 14.2. The molecule has 0 spiro atoms. The Bertz CT molecular complexity index is 519. The van der Waals surface area contributed by atoms with Gasteiger partial charge in [0, 0.05) is 13.7 Å². The van der Waals surface area contributed by atoms with E-state index in [9.17, 15) is 4.79 Å². The van der Waals surface area contributed by atoms with Crippen molar-refractivity contribution in [2.24, 2.45) is 16.5 Å². The summed E-state index contributed by atoms with van der Waals surface area (Å²) in [5, 5.41) is 2.88. The molecule has 134 valence electrons. The van der Waals surface area contributed by atoms with E-state index in [2.05, 4.69) is 10.3 Å². The van der Waals surface area contributed by atoms with E-state index in [1.807, 2.05) is 12.1 Å². The third-order valence-electron chi connectivity index (χ3n) is 3.18. The van der Waals surface area contributed by atoms with Gasteiger partial charge in [-0.1, -0.05) is 12.1 Å².